The second kappa shape index (κ2) is 5.13. The third-order valence-corrected chi connectivity index (χ3v) is 2.38. The molecule has 0 saturated carbocycles. The van der Waals surface area contributed by atoms with Crippen LogP contribution in [0, 0.1) is 17.5 Å². The van der Waals surface area contributed by atoms with Crippen LogP contribution in [0.5, 0.6) is 0 Å². The number of halogens is 3. The van der Waals surface area contributed by atoms with Crippen LogP contribution in [0.25, 0.3) is 11.4 Å². The van der Waals surface area contributed by atoms with Crippen LogP contribution in [-0.2, 0) is 6.54 Å². The van der Waals surface area contributed by atoms with Crippen molar-refractivity contribution in [3.8, 4) is 11.4 Å². The van der Waals surface area contributed by atoms with E-state index in [1.165, 1.54) is 4.68 Å². The Labute approximate surface area is 100 Å². The Balaban J connectivity index is 2.43. The van der Waals surface area contributed by atoms with Crippen molar-refractivity contribution in [2.75, 3.05) is 6.54 Å². The Bertz CT molecular complexity index is 554. The van der Waals surface area contributed by atoms with Gasteiger partial charge in [-0.3, -0.25) is 0 Å². The highest BCUT2D eigenvalue weighted by Crippen LogP contribution is 2.23. The Morgan fingerprint density at radius 3 is 2.67 bits per heavy atom. The van der Waals surface area contributed by atoms with Gasteiger partial charge in [-0.2, -0.15) is 0 Å². The van der Waals surface area contributed by atoms with E-state index in [2.05, 4.69) is 15.5 Å². The molecule has 0 aliphatic carbocycles. The van der Waals surface area contributed by atoms with Crippen molar-refractivity contribution < 1.29 is 13.2 Å². The molecule has 96 valence electrons. The molecular formula is C10H10F3N5. The summed E-state index contributed by atoms with van der Waals surface area (Å²) in [6.07, 6.45) is 0.587. The summed E-state index contributed by atoms with van der Waals surface area (Å²) < 4.78 is 40.8. The van der Waals surface area contributed by atoms with E-state index in [0.717, 1.165) is 12.1 Å². The van der Waals surface area contributed by atoms with Crippen molar-refractivity contribution in [1.29, 1.82) is 0 Å². The predicted molar refractivity (Wildman–Crippen MR) is 56.8 cm³/mol. The molecule has 0 aliphatic rings. The Morgan fingerprint density at radius 1 is 1.17 bits per heavy atom. The van der Waals surface area contributed by atoms with Gasteiger partial charge in [-0.1, -0.05) is 0 Å². The van der Waals surface area contributed by atoms with Gasteiger partial charge in [0.2, 0.25) is 0 Å². The van der Waals surface area contributed by atoms with E-state index in [1.807, 2.05) is 0 Å². The smallest absolute Gasteiger partial charge is 0.195 e. The third kappa shape index (κ3) is 2.19. The molecule has 0 aliphatic heterocycles. The fourth-order valence-corrected chi connectivity index (χ4v) is 1.49. The predicted octanol–water partition coefficient (Wildman–Crippen LogP) is 1.11. The number of aromatic nitrogens is 4. The van der Waals surface area contributed by atoms with Gasteiger partial charge in [-0.15, -0.1) is 5.10 Å². The maximum absolute atomic E-state index is 13.6. The van der Waals surface area contributed by atoms with Crippen LogP contribution < -0.4 is 5.73 Å². The zero-order valence-electron chi connectivity index (χ0n) is 9.28. The van der Waals surface area contributed by atoms with Gasteiger partial charge < -0.3 is 5.73 Å². The lowest BCUT2D eigenvalue weighted by Gasteiger charge is -2.05. The summed E-state index contributed by atoms with van der Waals surface area (Å²) in [5, 5.41) is 10.6. The highest BCUT2D eigenvalue weighted by atomic mass is 19.2. The second-order valence-corrected chi connectivity index (χ2v) is 3.59. The molecule has 2 aromatic rings. The molecule has 2 rings (SSSR count). The van der Waals surface area contributed by atoms with Crippen LogP contribution in [0.1, 0.15) is 6.42 Å². The molecule has 1 aromatic carbocycles. The number of benzene rings is 1. The normalized spacial score (nSPS) is 10.9. The number of nitrogens with two attached hydrogens (primary N) is 1. The molecule has 0 unspecified atom stereocenters. The van der Waals surface area contributed by atoms with Gasteiger partial charge >= 0.3 is 0 Å². The molecule has 0 spiro atoms. The lowest BCUT2D eigenvalue weighted by molar-refractivity contribution is 0.447. The molecule has 1 aromatic heterocycles. The SMILES string of the molecule is NCCCn1nnnc1-c1ccc(F)c(F)c1F. The van der Waals surface area contributed by atoms with Crippen molar-refractivity contribution in [3.63, 3.8) is 0 Å². The summed E-state index contributed by atoms with van der Waals surface area (Å²) in [5.41, 5.74) is 5.16. The summed E-state index contributed by atoms with van der Waals surface area (Å²) in [5.74, 6) is -4.06. The number of nitrogens with zero attached hydrogens (tertiary/aromatic N) is 4. The molecule has 2 N–H and O–H groups in total. The minimum atomic E-state index is -1.54. The lowest BCUT2D eigenvalue weighted by Crippen LogP contribution is -2.09. The van der Waals surface area contributed by atoms with Gasteiger partial charge in [0, 0.05) is 6.54 Å². The zero-order chi connectivity index (χ0) is 13.1. The first-order valence-electron chi connectivity index (χ1n) is 5.25. The summed E-state index contributed by atoms with van der Waals surface area (Å²) in [7, 11) is 0. The van der Waals surface area contributed by atoms with E-state index in [-0.39, 0.29) is 11.4 Å². The largest absolute Gasteiger partial charge is 0.330 e. The number of tetrazole rings is 1. The first-order chi connectivity index (χ1) is 8.65. The molecule has 0 amide bonds. The monoisotopic (exact) mass is 257 g/mol. The Hall–Kier alpha value is -1.96. The fraction of sp³-hybridized carbons (Fsp3) is 0.300. The van der Waals surface area contributed by atoms with Gasteiger partial charge in [0.05, 0.1) is 5.56 Å². The average Bonchev–Trinajstić information content (AvgIpc) is 2.82. The fourth-order valence-electron chi connectivity index (χ4n) is 1.49. The minimum Gasteiger partial charge on any atom is -0.330 e. The van der Waals surface area contributed by atoms with Crippen molar-refractivity contribution in [2.24, 2.45) is 5.73 Å². The van der Waals surface area contributed by atoms with Gasteiger partial charge in [0.25, 0.3) is 0 Å². The highest BCUT2D eigenvalue weighted by Gasteiger charge is 2.19. The Kier molecular flexibility index (Phi) is 3.56. The lowest BCUT2D eigenvalue weighted by atomic mass is 10.2. The van der Waals surface area contributed by atoms with Gasteiger partial charge in [0.1, 0.15) is 0 Å². The molecule has 0 saturated heterocycles. The number of rotatable bonds is 4. The summed E-state index contributed by atoms with van der Waals surface area (Å²) in [6, 6.07) is 1.92. The molecular weight excluding hydrogens is 247 g/mol. The average molecular weight is 257 g/mol. The standard InChI is InChI=1S/C10H10F3N5/c11-7-3-2-6(8(12)9(7)13)10-15-16-17-18(10)5-1-4-14/h2-3H,1,4-5,14H2. The maximum atomic E-state index is 13.6. The number of hydrogen-bond acceptors (Lipinski definition) is 4. The zero-order valence-corrected chi connectivity index (χ0v) is 9.28. The maximum Gasteiger partial charge on any atom is 0.195 e. The van der Waals surface area contributed by atoms with E-state index in [1.54, 1.807) is 0 Å². The van der Waals surface area contributed by atoms with Crippen molar-refractivity contribution >= 4 is 0 Å². The number of aryl methyl sites for hydroxylation is 1. The van der Waals surface area contributed by atoms with E-state index in [4.69, 9.17) is 5.73 Å². The summed E-state index contributed by atoms with van der Waals surface area (Å²) in [6.45, 7) is 0.789. The van der Waals surface area contributed by atoms with E-state index in [0.29, 0.717) is 19.5 Å². The molecule has 5 nitrogen and oxygen atoms in total. The Morgan fingerprint density at radius 2 is 1.94 bits per heavy atom. The van der Waals surface area contributed by atoms with Crippen LogP contribution in [0.3, 0.4) is 0 Å². The van der Waals surface area contributed by atoms with Gasteiger partial charge in [-0.25, -0.2) is 17.9 Å². The summed E-state index contributed by atoms with van der Waals surface area (Å²) in [4.78, 5) is 0. The van der Waals surface area contributed by atoms with E-state index in [9.17, 15) is 13.2 Å². The molecule has 0 radical (unpaired) electrons. The third-order valence-electron chi connectivity index (χ3n) is 2.38. The highest BCUT2D eigenvalue weighted by molar-refractivity contribution is 5.55. The number of hydrogen-bond donors (Lipinski definition) is 1. The molecule has 1 heterocycles. The van der Waals surface area contributed by atoms with Crippen LogP contribution in [-0.4, -0.2) is 26.8 Å². The van der Waals surface area contributed by atoms with E-state index < -0.39 is 17.5 Å². The van der Waals surface area contributed by atoms with Crippen molar-refractivity contribution in [1.82, 2.24) is 20.2 Å². The van der Waals surface area contributed by atoms with E-state index >= 15 is 0 Å². The van der Waals surface area contributed by atoms with Crippen LogP contribution >= 0.6 is 0 Å². The first kappa shape index (κ1) is 12.5. The molecule has 0 atom stereocenters. The quantitative estimate of drug-likeness (QED) is 0.833. The molecule has 18 heavy (non-hydrogen) atoms. The van der Waals surface area contributed by atoms with Gasteiger partial charge in [0.15, 0.2) is 23.3 Å². The second-order valence-electron chi connectivity index (χ2n) is 3.59. The topological polar surface area (TPSA) is 69.6 Å². The van der Waals surface area contributed by atoms with Crippen molar-refractivity contribution in [2.45, 2.75) is 13.0 Å². The molecule has 0 bridgehead atoms. The minimum absolute atomic E-state index is 0.0415. The first-order valence-corrected chi connectivity index (χ1v) is 5.25. The van der Waals surface area contributed by atoms with Crippen molar-refractivity contribution in [3.05, 3.63) is 29.6 Å². The molecule has 8 heteroatoms. The van der Waals surface area contributed by atoms with Gasteiger partial charge in [-0.05, 0) is 35.5 Å². The van der Waals surface area contributed by atoms with Crippen LogP contribution in [0.2, 0.25) is 0 Å². The molecule has 0 fully saturated rings. The van der Waals surface area contributed by atoms with Crippen LogP contribution in [0.4, 0.5) is 13.2 Å². The van der Waals surface area contributed by atoms with Crippen LogP contribution in [0.15, 0.2) is 12.1 Å². The summed E-state index contributed by atoms with van der Waals surface area (Å²) >= 11 is 0.